The quantitative estimate of drug-likeness (QED) is 0.801. The first-order valence-corrected chi connectivity index (χ1v) is 6.27. The summed E-state index contributed by atoms with van der Waals surface area (Å²) in [6, 6.07) is 7.71. The average Bonchev–Trinajstić information content (AvgIpc) is 2.30. The van der Waals surface area contributed by atoms with Crippen LogP contribution in [-0.2, 0) is 6.54 Å². The van der Waals surface area contributed by atoms with Crippen molar-refractivity contribution in [3.8, 4) is 0 Å². The van der Waals surface area contributed by atoms with Crippen LogP contribution in [0.1, 0.15) is 5.56 Å². The molecule has 0 spiro atoms. The maximum Gasteiger partial charge on any atom is 0.131 e. The summed E-state index contributed by atoms with van der Waals surface area (Å²) in [6.07, 6.45) is 0. The van der Waals surface area contributed by atoms with Crippen molar-refractivity contribution in [1.29, 1.82) is 0 Å². The normalized spacial score (nSPS) is 10.4. The molecule has 0 aliphatic heterocycles. The third-order valence-electron chi connectivity index (χ3n) is 2.42. The van der Waals surface area contributed by atoms with Gasteiger partial charge in [-0.25, -0.2) is 13.2 Å². The van der Waals surface area contributed by atoms with E-state index in [2.05, 4.69) is 5.32 Å². The molecule has 0 unspecified atom stereocenters. The standard InChI is InChI=1S/C13H9F3IN/c14-9-2-1-8(11(16)5-9)7-18-13-4-3-10(15)6-12(13)17/h1-6,18H,7H2. The van der Waals surface area contributed by atoms with E-state index in [1.165, 1.54) is 24.3 Å². The van der Waals surface area contributed by atoms with Gasteiger partial charge in [0.05, 0.1) is 0 Å². The fraction of sp³-hybridized carbons (Fsp3) is 0.0769. The first-order chi connectivity index (χ1) is 8.56. The molecule has 0 radical (unpaired) electrons. The van der Waals surface area contributed by atoms with Crippen LogP contribution in [0.3, 0.4) is 0 Å². The van der Waals surface area contributed by atoms with Gasteiger partial charge in [0.1, 0.15) is 17.5 Å². The molecule has 2 rings (SSSR count). The molecule has 0 saturated heterocycles. The second-order valence-electron chi connectivity index (χ2n) is 3.71. The molecule has 0 atom stereocenters. The zero-order chi connectivity index (χ0) is 13.1. The molecule has 94 valence electrons. The molecule has 5 heteroatoms. The van der Waals surface area contributed by atoms with Crippen LogP contribution in [0.15, 0.2) is 36.4 Å². The summed E-state index contributed by atoms with van der Waals surface area (Å²) in [7, 11) is 0. The summed E-state index contributed by atoms with van der Waals surface area (Å²) >= 11 is 1.99. The summed E-state index contributed by atoms with van der Waals surface area (Å²) in [5.74, 6) is -1.52. The largest absolute Gasteiger partial charge is 0.380 e. The van der Waals surface area contributed by atoms with E-state index in [-0.39, 0.29) is 12.4 Å². The molecule has 0 aliphatic carbocycles. The SMILES string of the molecule is Fc1ccc(CNc2ccc(F)cc2I)c(F)c1. The molecule has 0 saturated carbocycles. The maximum absolute atomic E-state index is 13.4. The Hall–Kier alpha value is -1.24. The minimum Gasteiger partial charge on any atom is -0.380 e. The summed E-state index contributed by atoms with van der Waals surface area (Å²) in [5, 5.41) is 2.98. The Balaban J connectivity index is 2.11. The van der Waals surface area contributed by atoms with Crippen LogP contribution in [0.2, 0.25) is 0 Å². The number of hydrogen-bond donors (Lipinski definition) is 1. The Kier molecular flexibility index (Phi) is 4.11. The number of benzene rings is 2. The Morgan fingerprint density at radius 3 is 2.28 bits per heavy atom. The lowest BCUT2D eigenvalue weighted by Gasteiger charge is -2.09. The highest BCUT2D eigenvalue weighted by molar-refractivity contribution is 14.1. The van der Waals surface area contributed by atoms with Crippen molar-refractivity contribution >= 4 is 28.3 Å². The molecule has 1 N–H and O–H groups in total. The van der Waals surface area contributed by atoms with Gasteiger partial charge in [-0.1, -0.05) is 6.07 Å². The average molecular weight is 363 g/mol. The van der Waals surface area contributed by atoms with E-state index in [1.807, 2.05) is 22.6 Å². The zero-order valence-corrected chi connectivity index (χ0v) is 11.3. The van der Waals surface area contributed by atoms with Crippen molar-refractivity contribution in [2.75, 3.05) is 5.32 Å². The molecule has 0 amide bonds. The van der Waals surface area contributed by atoms with Crippen LogP contribution in [-0.4, -0.2) is 0 Å². The molecular weight excluding hydrogens is 354 g/mol. The molecular formula is C13H9F3IN. The first kappa shape index (κ1) is 13.2. The summed E-state index contributed by atoms with van der Waals surface area (Å²) < 4.78 is 39.7. The van der Waals surface area contributed by atoms with E-state index in [0.29, 0.717) is 14.8 Å². The molecule has 0 heterocycles. The van der Waals surface area contributed by atoms with E-state index in [1.54, 1.807) is 6.07 Å². The molecule has 0 aromatic heterocycles. The fourth-order valence-electron chi connectivity index (χ4n) is 1.49. The van der Waals surface area contributed by atoms with Crippen LogP contribution in [0, 0.1) is 21.0 Å². The first-order valence-electron chi connectivity index (χ1n) is 5.19. The van der Waals surface area contributed by atoms with Gasteiger partial charge in [-0.05, 0) is 46.9 Å². The van der Waals surface area contributed by atoms with Crippen LogP contribution < -0.4 is 5.32 Å². The van der Waals surface area contributed by atoms with Crippen molar-refractivity contribution in [1.82, 2.24) is 0 Å². The minimum absolute atomic E-state index is 0.216. The lowest BCUT2D eigenvalue weighted by molar-refractivity contribution is 0.574. The van der Waals surface area contributed by atoms with Crippen molar-refractivity contribution < 1.29 is 13.2 Å². The molecule has 2 aromatic carbocycles. The second-order valence-corrected chi connectivity index (χ2v) is 4.88. The second kappa shape index (κ2) is 5.60. The van der Waals surface area contributed by atoms with Gasteiger partial charge in [0.25, 0.3) is 0 Å². The van der Waals surface area contributed by atoms with Gasteiger partial charge < -0.3 is 5.32 Å². The van der Waals surface area contributed by atoms with Crippen molar-refractivity contribution in [2.45, 2.75) is 6.54 Å². The fourth-order valence-corrected chi connectivity index (χ4v) is 2.16. The monoisotopic (exact) mass is 363 g/mol. The maximum atomic E-state index is 13.4. The summed E-state index contributed by atoms with van der Waals surface area (Å²) in [5.41, 5.74) is 1.07. The van der Waals surface area contributed by atoms with Crippen molar-refractivity contribution in [3.63, 3.8) is 0 Å². The smallest absolute Gasteiger partial charge is 0.131 e. The van der Waals surface area contributed by atoms with Gasteiger partial charge in [-0.2, -0.15) is 0 Å². The van der Waals surface area contributed by atoms with E-state index in [9.17, 15) is 13.2 Å². The summed E-state index contributed by atoms with van der Waals surface area (Å²) in [4.78, 5) is 0. The number of anilines is 1. The van der Waals surface area contributed by atoms with Gasteiger partial charge in [0.15, 0.2) is 0 Å². The lowest BCUT2D eigenvalue weighted by Crippen LogP contribution is -2.03. The minimum atomic E-state index is -0.604. The Bertz CT molecular complexity index is 521. The molecule has 1 nitrogen and oxygen atoms in total. The van der Waals surface area contributed by atoms with Gasteiger partial charge in [-0.15, -0.1) is 0 Å². The predicted octanol–water partition coefficient (Wildman–Crippen LogP) is 4.32. The Morgan fingerprint density at radius 1 is 0.944 bits per heavy atom. The zero-order valence-electron chi connectivity index (χ0n) is 9.18. The van der Waals surface area contributed by atoms with Gasteiger partial charge >= 0.3 is 0 Å². The molecule has 18 heavy (non-hydrogen) atoms. The third-order valence-corrected chi connectivity index (χ3v) is 3.31. The predicted molar refractivity (Wildman–Crippen MR) is 72.8 cm³/mol. The van der Waals surface area contributed by atoms with Crippen LogP contribution in [0.25, 0.3) is 0 Å². The Labute approximate surface area is 116 Å². The van der Waals surface area contributed by atoms with Gasteiger partial charge in [-0.3, -0.25) is 0 Å². The topological polar surface area (TPSA) is 12.0 Å². The molecule has 0 bridgehead atoms. The number of hydrogen-bond acceptors (Lipinski definition) is 1. The van der Waals surface area contributed by atoms with Gasteiger partial charge in [0, 0.05) is 27.4 Å². The number of halogens is 4. The summed E-state index contributed by atoms with van der Waals surface area (Å²) in [6.45, 7) is 0.216. The van der Waals surface area contributed by atoms with Crippen LogP contribution >= 0.6 is 22.6 Å². The van der Waals surface area contributed by atoms with E-state index in [4.69, 9.17) is 0 Å². The van der Waals surface area contributed by atoms with E-state index in [0.717, 1.165) is 6.07 Å². The Morgan fingerprint density at radius 2 is 1.61 bits per heavy atom. The highest BCUT2D eigenvalue weighted by Crippen LogP contribution is 2.20. The molecule has 0 aliphatic rings. The highest BCUT2D eigenvalue weighted by atomic mass is 127. The lowest BCUT2D eigenvalue weighted by atomic mass is 10.2. The third kappa shape index (κ3) is 3.16. The van der Waals surface area contributed by atoms with Crippen LogP contribution in [0.5, 0.6) is 0 Å². The number of rotatable bonds is 3. The van der Waals surface area contributed by atoms with Gasteiger partial charge in [0.2, 0.25) is 0 Å². The molecule has 2 aromatic rings. The van der Waals surface area contributed by atoms with Crippen LogP contribution in [0.4, 0.5) is 18.9 Å². The number of nitrogens with one attached hydrogen (secondary N) is 1. The van der Waals surface area contributed by atoms with E-state index < -0.39 is 11.6 Å². The van der Waals surface area contributed by atoms with E-state index >= 15 is 0 Å². The molecule has 0 fully saturated rings. The van der Waals surface area contributed by atoms with Crippen molar-refractivity contribution in [3.05, 3.63) is 63.0 Å². The van der Waals surface area contributed by atoms with Crippen molar-refractivity contribution in [2.24, 2.45) is 0 Å². The highest BCUT2D eigenvalue weighted by Gasteiger charge is 2.05.